The molecule has 4 nitrogen and oxygen atoms in total. The maximum atomic E-state index is 12.9. The summed E-state index contributed by atoms with van der Waals surface area (Å²) in [7, 11) is 0. The van der Waals surface area contributed by atoms with Crippen LogP contribution >= 0.6 is 0 Å². The summed E-state index contributed by atoms with van der Waals surface area (Å²) >= 11 is 0. The molecule has 3 rings (SSSR count). The monoisotopic (exact) mass is 255 g/mol. The van der Waals surface area contributed by atoms with Crippen LogP contribution in [0.3, 0.4) is 0 Å². The molecule has 0 radical (unpaired) electrons. The minimum atomic E-state index is -0.264. The molecule has 0 spiro atoms. The Bertz CT molecular complexity index is 707. The van der Waals surface area contributed by atoms with E-state index in [0.717, 1.165) is 16.7 Å². The first-order chi connectivity index (χ1) is 9.22. The molecule has 94 valence electrons. The van der Waals surface area contributed by atoms with Crippen LogP contribution in [0.15, 0.2) is 47.1 Å². The molecule has 0 saturated heterocycles. The lowest BCUT2D eigenvalue weighted by atomic mass is 10.1. The summed E-state index contributed by atoms with van der Waals surface area (Å²) in [4.78, 5) is 4.15. The number of hydrogen-bond acceptors (Lipinski definition) is 4. The molecule has 5 heteroatoms. The average molecular weight is 255 g/mol. The zero-order chi connectivity index (χ0) is 13.2. The molecule has 2 aromatic heterocycles. The Kier molecular flexibility index (Phi) is 2.79. The van der Waals surface area contributed by atoms with Gasteiger partial charge in [0.2, 0.25) is 11.8 Å². The fraction of sp³-hybridized carbons (Fsp3) is 0.0714. The predicted molar refractivity (Wildman–Crippen MR) is 67.7 cm³/mol. The van der Waals surface area contributed by atoms with Gasteiger partial charge in [0.25, 0.3) is 0 Å². The van der Waals surface area contributed by atoms with Crippen LogP contribution in [0.4, 0.5) is 4.39 Å². The average Bonchev–Trinajstić information content (AvgIpc) is 2.86. The summed E-state index contributed by atoms with van der Waals surface area (Å²) in [5.41, 5.74) is 2.49. The van der Waals surface area contributed by atoms with Crippen LogP contribution in [0.5, 0.6) is 0 Å². The second-order valence-electron chi connectivity index (χ2n) is 4.10. The smallest absolute Gasteiger partial charge is 0.249 e. The fourth-order valence-corrected chi connectivity index (χ4v) is 1.77. The Morgan fingerprint density at radius 2 is 1.68 bits per heavy atom. The Morgan fingerprint density at radius 3 is 2.37 bits per heavy atom. The zero-order valence-electron chi connectivity index (χ0n) is 10.2. The summed E-state index contributed by atoms with van der Waals surface area (Å²) in [5.74, 6) is 0.663. The highest BCUT2D eigenvalue weighted by atomic mass is 19.1. The van der Waals surface area contributed by atoms with Crippen molar-refractivity contribution in [2.45, 2.75) is 6.92 Å². The van der Waals surface area contributed by atoms with E-state index < -0.39 is 0 Å². The third-order valence-electron chi connectivity index (χ3n) is 2.69. The van der Waals surface area contributed by atoms with Crippen LogP contribution in [-0.4, -0.2) is 15.2 Å². The van der Waals surface area contributed by atoms with E-state index in [-0.39, 0.29) is 5.82 Å². The van der Waals surface area contributed by atoms with Crippen molar-refractivity contribution in [3.05, 3.63) is 54.4 Å². The lowest BCUT2D eigenvalue weighted by Gasteiger charge is -2.02. The van der Waals surface area contributed by atoms with Gasteiger partial charge in [0, 0.05) is 24.9 Å². The van der Waals surface area contributed by atoms with Gasteiger partial charge >= 0.3 is 0 Å². The number of hydrogen-bond donors (Lipinski definition) is 0. The van der Waals surface area contributed by atoms with E-state index in [1.807, 2.05) is 6.07 Å². The van der Waals surface area contributed by atoms with E-state index in [2.05, 4.69) is 15.2 Å². The van der Waals surface area contributed by atoms with Gasteiger partial charge in [-0.3, -0.25) is 4.98 Å². The molecule has 2 heterocycles. The first kappa shape index (κ1) is 11.5. The van der Waals surface area contributed by atoms with Crippen molar-refractivity contribution < 1.29 is 8.81 Å². The highest BCUT2D eigenvalue weighted by Gasteiger charge is 2.08. The molecule has 0 aliphatic carbocycles. The van der Waals surface area contributed by atoms with Crippen molar-refractivity contribution in [2.75, 3.05) is 0 Å². The minimum Gasteiger partial charge on any atom is -0.421 e. The number of aromatic nitrogens is 3. The molecular weight excluding hydrogens is 245 g/mol. The van der Waals surface area contributed by atoms with Gasteiger partial charge in [-0.1, -0.05) is 12.1 Å². The zero-order valence-corrected chi connectivity index (χ0v) is 10.2. The lowest BCUT2D eigenvalue weighted by molar-refractivity contribution is 0.532. The van der Waals surface area contributed by atoms with E-state index in [9.17, 15) is 4.39 Å². The molecule has 1 aromatic carbocycles. The van der Waals surface area contributed by atoms with Gasteiger partial charge in [-0.05, 0) is 23.8 Å². The number of halogens is 1. The van der Waals surface area contributed by atoms with E-state index in [0.29, 0.717) is 11.8 Å². The number of pyridine rings is 1. The molecule has 0 unspecified atom stereocenters. The predicted octanol–water partition coefficient (Wildman–Crippen LogP) is 3.25. The molecule has 3 aromatic rings. The Morgan fingerprint density at radius 1 is 0.947 bits per heavy atom. The fourth-order valence-electron chi connectivity index (χ4n) is 1.77. The lowest BCUT2D eigenvalue weighted by Crippen LogP contribution is -1.85. The molecule has 0 atom stereocenters. The standard InChI is InChI=1S/C14H10FN3O/c1-9-17-18-14(19-9)12-6-11(7-16-8-12)10-2-4-13(15)5-3-10/h2-8H,1H3. The second kappa shape index (κ2) is 4.61. The summed E-state index contributed by atoms with van der Waals surface area (Å²) in [6.45, 7) is 1.73. The van der Waals surface area contributed by atoms with Crippen molar-refractivity contribution in [3.63, 3.8) is 0 Å². The van der Waals surface area contributed by atoms with Crippen LogP contribution in [0.1, 0.15) is 5.89 Å². The van der Waals surface area contributed by atoms with Gasteiger partial charge in [0.15, 0.2) is 0 Å². The van der Waals surface area contributed by atoms with Crippen molar-refractivity contribution in [2.24, 2.45) is 0 Å². The summed E-state index contributed by atoms with van der Waals surface area (Å²) in [5, 5.41) is 7.73. The molecule has 0 N–H and O–H groups in total. The van der Waals surface area contributed by atoms with E-state index in [4.69, 9.17) is 4.42 Å². The summed E-state index contributed by atoms with van der Waals surface area (Å²) in [6.07, 6.45) is 3.36. The number of nitrogens with zero attached hydrogens (tertiary/aromatic N) is 3. The van der Waals surface area contributed by atoms with Gasteiger partial charge in [-0.25, -0.2) is 4.39 Å². The normalized spacial score (nSPS) is 10.6. The molecular formula is C14H10FN3O. The van der Waals surface area contributed by atoms with Crippen LogP contribution < -0.4 is 0 Å². The Hall–Kier alpha value is -2.56. The number of rotatable bonds is 2. The van der Waals surface area contributed by atoms with Crippen molar-refractivity contribution in [1.29, 1.82) is 0 Å². The van der Waals surface area contributed by atoms with E-state index in [1.54, 1.807) is 31.5 Å². The Labute approximate surface area is 108 Å². The maximum absolute atomic E-state index is 12.9. The van der Waals surface area contributed by atoms with Crippen molar-refractivity contribution in [3.8, 4) is 22.6 Å². The first-order valence-electron chi connectivity index (χ1n) is 5.74. The molecule has 0 saturated carbocycles. The van der Waals surface area contributed by atoms with Gasteiger partial charge in [-0.2, -0.15) is 0 Å². The number of benzene rings is 1. The first-order valence-corrected chi connectivity index (χ1v) is 5.74. The largest absolute Gasteiger partial charge is 0.421 e. The van der Waals surface area contributed by atoms with Gasteiger partial charge in [0.05, 0.1) is 5.56 Å². The van der Waals surface area contributed by atoms with Gasteiger partial charge in [0.1, 0.15) is 5.82 Å². The van der Waals surface area contributed by atoms with Crippen molar-refractivity contribution in [1.82, 2.24) is 15.2 Å². The minimum absolute atomic E-state index is 0.264. The topological polar surface area (TPSA) is 51.8 Å². The highest BCUT2D eigenvalue weighted by molar-refractivity contribution is 5.68. The molecule has 0 amide bonds. The molecule has 19 heavy (non-hydrogen) atoms. The molecule has 0 aliphatic rings. The van der Waals surface area contributed by atoms with Crippen LogP contribution in [-0.2, 0) is 0 Å². The van der Waals surface area contributed by atoms with Crippen LogP contribution in [0, 0.1) is 12.7 Å². The summed E-state index contributed by atoms with van der Waals surface area (Å²) < 4.78 is 18.3. The second-order valence-corrected chi connectivity index (χ2v) is 4.10. The highest BCUT2D eigenvalue weighted by Crippen LogP contribution is 2.24. The molecule has 0 bridgehead atoms. The third-order valence-corrected chi connectivity index (χ3v) is 2.69. The van der Waals surface area contributed by atoms with Gasteiger partial charge < -0.3 is 4.42 Å². The third kappa shape index (κ3) is 2.35. The molecule has 0 aliphatic heterocycles. The summed E-state index contributed by atoms with van der Waals surface area (Å²) in [6, 6.07) is 8.12. The molecule has 0 fully saturated rings. The SMILES string of the molecule is Cc1nnc(-c2cncc(-c3ccc(F)cc3)c2)o1. The maximum Gasteiger partial charge on any atom is 0.249 e. The van der Waals surface area contributed by atoms with Crippen LogP contribution in [0.25, 0.3) is 22.6 Å². The van der Waals surface area contributed by atoms with Crippen LogP contribution in [0.2, 0.25) is 0 Å². The van der Waals surface area contributed by atoms with Gasteiger partial charge in [-0.15, -0.1) is 10.2 Å². The quantitative estimate of drug-likeness (QED) is 0.705. The number of aryl methyl sites for hydroxylation is 1. The Balaban J connectivity index is 2.02. The van der Waals surface area contributed by atoms with Crippen molar-refractivity contribution >= 4 is 0 Å². The van der Waals surface area contributed by atoms with E-state index in [1.165, 1.54) is 12.1 Å². The van der Waals surface area contributed by atoms with E-state index >= 15 is 0 Å².